The van der Waals surface area contributed by atoms with Crippen molar-refractivity contribution < 1.29 is 4.79 Å². The molecule has 4 aromatic rings. The number of aldehydes is 1. The van der Waals surface area contributed by atoms with Crippen molar-refractivity contribution in [3.63, 3.8) is 0 Å². The van der Waals surface area contributed by atoms with E-state index in [1.165, 1.54) is 0 Å². The van der Waals surface area contributed by atoms with Gasteiger partial charge in [0, 0.05) is 22.9 Å². The third-order valence-corrected chi connectivity index (χ3v) is 5.48. The highest BCUT2D eigenvalue weighted by atomic mass is 35.5. The van der Waals surface area contributed by atoms with Gasteiger partial charge >= 0.3 is 0 Å². The minimum Gasteiger partial charge on any atom is -0.304 e. The van der Waals surface area contributed by atoms with Gasteiger partial charge in [0.15, 0.2) is 0 Å². The summed E-state index contributed by atoms with van der Waals surface area (Å²) in [4.78, 5) is 24.1. The first-order valence-electron chi connectivity index (χ1n) is 9.48. The zero-order valence-corrected chi connectivity index (χ0v) is 16.8. The van der Waals surface area contributed by atoms with Gasteiger partial charge in [-0.1, -0.05) is 54.1 Å². The minimum absolute atomic E-state index is 0.0500. The molecule has 0 N–H and O–H groups in total. The maximum Gasteiger partial charge on any atom is 0.251 e. The van der Waals surface area contributed by atoms with E-state index in [1.807, 2.05) is 73.7 Å². The second kappa shape index (κ2) is 8.06. The Balaban J connectivity index is 2.03. The third-order valence-electron chi connectivity index (χ3n) is 5.23. The molecule has 0 aliphatic heterocycles. The fourth-order valence-electron chi connectivity index (χ4n) is 3.83. The number of carbonyl (C=O) groups is 1. The maximum absolute atomic E-state index is 12.7. The van der Waals surface area contributed by atoms with E-state index in [0.717, 1.165) is 45.0 Å². The predicted octanol–water partition coefficient (Wildman–Crippen LogP) is 5.42. The normalized spacial score (nSPS) is 11.0. The molecule has 0 unspecified atom stereocenters. The van der Waals surface area contributed by atoms with Crippen molar-refractivity contribution in [1.29, 1.82) is 0 Å². The number of rotatable bonds is 5. The molecule has 0 fully saturated rings. The summed E-state index contributed by atoms with van der Waals surface area (Å²) in [5.74, 6) is 0. The van der Waals surface area contributed by atoms with Gasteiger partial charge in [-0.25, -0.2) is 0 Å². The average Bonchev–Trinajstić information content (AvgIpc) is 2.73. The Labute approximate surface area is 174 Å². The molecule has 0 amide bonds. The zero-order valence-electron chi connectivity index (χ0n) is 16.1. The Morgan fingerprint density at radius 2 is 1.69 bits per heavy atom. The summed E-state index contributed by atoms with van der Waals surface area (Å²) in [6, 6.07) is 23.0. The minimum atomic E-state index is -0.0500. The molecule has 1 aromatic heterocycles. The zero-order chi connectivity index (χ0) is 20.4. The molecule has 0 spiro atoms. The average molecular weight is 402 g/mol. The number of benzene rings is 3. The number of hydrogen-bond acceptors (Lipinski definition) is 2. The highest BCUT2D eigenvalue weighted by molar-refractivity contribution is 6.30. The highest BCUT2D eigenvalue weighted by Gasteiger charge is 2.16. The van der Waals surface area contributed by atoms with Gasteiger partial charge in [-0.05, 0) is 59.0 Å². The van der Waals surface area contributed by atoms with Crippen LogP contribution in [0.1, 0.15) is 16.7 Å². The maximum atomic E-state index is 12.7. The van der Waals surface area contributed by atoms with E-state index in [2.05, 4.69) is 0 Å². The molecule has 1 heterocycles. The molecule has 0 saturated carbocycles. The molecule has 0 aliphatic rings. The molecule has 144 valence electrons. The number of aromatic nitrogens is 1. The molecule has 3 aromatic carbocycles. The second-order valence-electron chi connectivity index (χ2n) is 7.10. The number of halogens is 1. The first-order valence-corrected chi connectivity index (χ1v) is 9.86. The van der Waals surface area contributed by atoms with Crippen LogP contribution in [0.4, 0.5) is 0 Å². The van der Waals surface area contributed by atoms with Gasteiger partial charge in [0.25, 0.3) is 5.56 Å². The van der Waals surface area contributed by atoms with Crippen molar-refractivity contribution in [2.45, 2.75) is 19.9 Å². The van der Waals surface area contributed by atoms with Gasteiger partial charge in [0.2, 0.25) is 0 Å². The van der Waals surface area contributed by atoms with Crippen LogP contribution in [0.2, 0.25) is 5.02 Å². The van der Waals surface area contributed by atoms with E-state index >= 15 is 0 Å². The van der Waals surface area contributed by atoms with E-state index in [0.29, 0.717) is 18.0 Å². The lowest BCUT2D eigenvalue weighted by Gasteiger charge is -2.18. The molecule has 0 bridgehead atoms. The van der Waals surface area contributed by atoms with Crippen LogP contribution < -0.4 is 5.56 Å². The fraction of sp³-hybridized carbons (Fsp3) is 0.120. The van der Waals surface area contributed by atoms with Crippen LogP contribution in [0.15, 0.2) is 77.6 Å². The molecular formula is C25H20ClNO2. The summed E-state index contributed by atoms with van der Waals surface area (Å²) in [7, 11) is 0. The topological polar surface area (TPSA) is 39.1 Å². The van der Waals surface area contributed by atoms with E-state index in [-0.39, 0.29) is 5.56 Å². The van der Waals surface area contributed by atoms with Crippen LogP contribution >= 0.6 is 11.6 Å². The highest BCUT2D eigenvalue weighted by Crippen LogP contribution is 2.35. The molecule has 3 nitrogen and oxygen atoms in total. The van der Waals surface area contributed by atoms with Gasteiger partial charge in [0.1, 0.15) is 6.29 Å². The molecule has 4 rings (SSSR count). The van der Waals surface area contributed by atoms with E-state index in [9.17, 15) is 9.59 Å². The van der Waals surface area contributed by atoms with E-state index in [1.54, 1.807) is 10.6 Å². The Kier molecular flexibility index (Phi) is 5.32. The Morgan fingerprint density at radius 1 is 0.966 bits per heavy atom. The summed E-state index contributed by atoms with van der Waals surface area (Å²) in [6.45, 7) is 2.48. The van der Waals surface area contributed by atoms with E-state index < -0.39 is 0 Å². The lowest BCUT2D eigenvalue weighted by molar-refractivity contribution is -0.107. The number of aryl methyl sites for hydroxylation is 1. The SMILES string of the molecule is Cc1cc2c(ccc(=O)n2Cc2ccccc2)c(-c2ccc(Cl)cc2)c1CC=O. The molecule has 0 radical (unpaired) electrons. The van der Waals surface area contributed by atoms with Crippen molar-refractivity contribution in [1.82, 2.24) is 4.57 Å². The van der Waals surface area contributed by atoms with Crippen LogP contribution in [0.25, 0.3) is 22.0 Å². The van der Waals surface area contributed by atoms with Gasteiger partial charge in [-0.3, -0.25) is 4.79 Å². The Hall–Kier alpha value is -3.17. The first-order chi connectivity index (χ1) is 14.1. The van der Waals surface area contributed by atoms with Crippen LogP contribution in [0.3, 0.4) is 0 Å². The third kappa shape index (κ3) is 3.74. The summed E-state index contributed by atoms with van der Waals surface area (Å²) in [5, 5.41) is 1.61. The number of pyridine rings is 1. The lowest BCUT2D eigenvalue weighted by Crippen LogP contribution is -2.20. The van der Waals surface area contributed by atoms with Crippen molar-refractivity contribution >= 4 is 28.8 Å². The Bertz CT molecular complexity index is 1240. The standard InChI is InChI=1S/C25H20ClNO2/c1-17-15-23-22(11-12-24(29)27(23)16-18-5-3-2-4-6-18)25(21(17)13-14-28)19-7-9-20(26)10-8-19/h2-12,14-15H,13,16H2,1H3. The van der Waals surface area contributed by atoms with Crippen molar-refractivity contribution in [2.24, 2.45) is 0 Å². The molecule has 0 atom stereocenters. The van der Waals surface area contributed by atoms with Crippen LogP contribution in [-0.2, 0) is 17.8 Å². The monoisotopic (exact) mass is 401 g/mol. The molecule has 4 heteroatoms. The summed E-state index contributed by atoms with van der Waals surface area (Å²) in [6.07, 6.45) is 1.24. The molecule has 0 aliphatic carbocycles. The molecule has 0 saturated heterocycles. The van der Waals surface area contributed by atoms with Crippen molar-refractivity contribution in [3.05, 3.63) is 105 Å². The van der Waals surface area contributed by atoms with E-state index in [4.69, 9.17) is 11.6 Å². The Morgan fingerprint density at radius 3 is 2.38 bits per heavy atom. The van der Waals surface area contributed by atoms with Crippen LogP contribution in [0.5, 0.6) is 0 Å². The van der Waals surface area contributed by atoms with Crippen molar-refractivity contribution in [2.75, 3.05) is 0 Å². The second-order valence-corrected chi connectivity index (χ2v) is 7.54. The smallest absolute Gasteiger partial charge is 0.251 e. The van der Waals surface area contributed by atoms with Gasteiger partial charge < -0.3 is 9.36 Å². The van der Waals surface area contributed by atoms with Gasteiger partial charge in [-0.2, -0.15) is 0 Å². The van der Waals surface area contributed by atoms with Gasteiger partial charge in [0.05, 0.1) is 12.1 Å². The number of nitrogens with zero attached hydrogens (tertiary/aromatic N) is 1. The quantitative estimate of drug-likeness (QED) is 0.419. The number of hydrogen-bond donors (Lipinski definition) is 0. The molecule has 29 heavy (non-hydrogen) atoms. The summed E-state index contributed by atoms with van der Waals surface area (Å²) in [5.41, 5.74) is 5.78. The first kappa shape index (κ1) is 19.2. The van der Waals surface area contributed by atoms with Crippen LogP contribution in [-0.4, -0.2) is 10.9 Å². The number of carbonyl (C=O) groups excluding carboxylic acids is 1. The summed E-state index contributed by atoms with van der Waals surface area (Å²) >= 11 is 6.08. The van der Waals surface area contributed by atoms with Crippen molar-refractivity contribution in [3.8, 4) is 11.1 Å². The lowest BCUT2D eigenvalue weighted by atomic mass is 9.90. The van der Waals surface area contributed by atoms with Gasteiger partial charge in [-0.15, -0.1) is 0 Å². The molecular weight excluding hydrogens is 382 g/mol. The summed E-state index contributed by atoms with van der Waals surface area (Å²) < 4.78 is 1.79. The fourth-order valence-corrected chi connectivity index (χ4v) is 3.96. The number of fused-ring (bicyclic) bond motifs is 1. The predicted molar refractivity (Wildman–Crippen MR) is 119 cm³/mol. The largest absolute Gasteiger partial charge is 0.304 e. The van der Waals surface area contributed by atoms with Crippen LogP contribution in [0, 0.1) is 6.92 Å².